The Morgan fingerprint density at radius 2 is 1.62 bits per heavy atom. The van der Waals surface area contributed by atoms with Crippen LogP contribution in [-0.2, 0) is 6.54 Å². The first kappa shape index (κ1) is 19.6. The Morgan fingerprint density at radius 1 is 0.853 bits per heavy atom. The van der Waals surface area contributed by atoms with Crippen LogP contribution in [0.1, 0.15) is 5.69 Å². The van der Waals surface area contributed by atoms with Crippen molar-refractivity contribution < 1.29 is 0 Å². The first-order valence-corrected chi connectivity index (χ1v) is 10.6. The van der Waals surface area contributed by atoms with Gasteiger partial charge in [0.05, 0.1) is 23.3 Å². The number of nitriles is 1. The van der Waals surface area contributed by atoms with Crippen LogP contribution in [0.15, 0.2) is 90.1 Å². The lowest BCUT2D eigenvalue weighted by atomic mass is 10.1. The molecule has 0 fully saturated rings. The van der Waals surface area contributed by atoms with Crippen molar-refractivity contribution in [2.24, 2.45) is 0 Å². The molecule has 6 rings (SSSR count). The zero-order chi connectivity index (χ0) is 23.1. The summed E-state index contributed by atoms with van der Waals surface area (Å²) in [6.45, 7) is 0.303. The minimum atomic E-state index is -0.234. The SMILES string of the molecule is N#Cn1nnc(-c2ncn3c2c(=O)n(Cc2ccccn2)c2ccccc23)c1-c1ccccc1. The number of fused-ring (bicyclic) bond motifs is 3. The highest BCUT2D eigenvalue weighted by molar-refractivity contribution is 5.88. The van der Waals surface area contributed by atoms with Gasteiger partial charge in [-0.1, -0.05) is 53.7 Å². The van der Waals surface area contributed by atoms with E-state index in [1.165, 1.54) is 0 Å². The fourth-order valence-electron chi connectivity index (χ4n) is 4.22. The summed E-state index contributed by atoms with van der Waals surface area (Å²) >= 11 is 0. The number of rotatable bonds is 4. The third kappa shape index (κ3) is 2.97. The summed E-state index contributed by atoms with van der Waals surface area (Å²) in [6, 6.07) is 22.6. The van der Waals surface area contributed by atoms with Crippen molar-refractivity contribution in [2.75, 3.05) is 0 Å². The molecule has 0 aliphatic rings. The fourth-order valence-corrected chi connectivity index (χ4v) is 4.22. The number of aromatic nitrogens is 7. The predicted octanol–water partition coefficient (Wildman–Crippen LogP) is 3.35. The zero-order valence-electron chi connectivity index (χ0n) is 17.8. The summed E-state index contributed by atoms with van der Waals surface area (Å²) in [4.78, 5) is 22.8. The van der Waals surface area contributed by atoms with Gasteiger partial charge in [0.15, 0.2) is 0 Å². The van der Waals surface area contributed by atoms with Crippen LogP contribution in [0.4, 0.5) is 0 Å². The van der Waals surface area contributed by atoms with Crippen molar-refractivity contribution in [3.63, 3.8) is 0 Å². The molecule has 34 heavy (non-hydrogen) atoms. The van der Waals surface area contributed by atoms with E-state index < -0.39 is 0 Å². The standard InChI is InChI=1S/C25H16N8O/c26-15-33-23(17-8-2-1-3-9-17)22(29-30-33)21-24-25(34)31(14-18-10-6-7-13-27-18)19-11-4-5-12-20(19)32(24)16-28-21/h1-13,16H,14H2. The van der Waals surface area contributed by atoms with Gasteiger partial charge in [-0.05, 0) is 24.3 Å². The van der Waals surface area contributed by atoms with Crippen LogP contribution in [0.2, 0.25) is 0 Å². The third-order valence-corrected chi connectivity index (χ3v) is 5.73. The van der Waals surface area contributed by atoms with Crippen LogP contribution in [0, 0.1) is 11.5 Å². The van der Waals surface area contributed by atoms with Crippen molar-refractivity contribution in [2.45, 2.75) is 6.54 Å². The van der Waals surface area contributed by atoms with E-state index in [1.807, 2.05) is 79.0 Å². The van der Waals surface area contributed by atoms with Crippen molar-refractivity contribution in [1.82, 2.24) is 33.9 Å². The lowest BCUT2D eigenvalue weighted by Gasteiger charge is -2.12. The molecule has 9 heteroatoms. The lowest BCUT2D eigenvalue weighted by molar-refractivity contribution is 0.770. The number of pyridine rings is 1. The van der Waals surface area contributed by atoms with E-state index in [-0.39, 0.29) is 5.56 Å². The molecule has 2 aromatic carbocycles. The summed E-state index contributed by atoms with van der Waals surface area (Å²) in [6.07, 6.45) is 5.35. The summed E-state index contributed by atoms with van der Waals surface area (Å²) in [5.41, 5.74) is 4.43. The number of hydrogen-bond acceptors (Lipinski definition) is 6. The highest BCUT2D eigenvalue weighted by atomic mass is 16.1. The maximum absolute atomic E-state index is 13.9. The summed E-state index contributed by atoms with van der Waals surface area (Å²) in [7, 11) is 0. The normalized spacial score (nSPS) is 11.1. The van der Waals surface area contributed by atoms with E-state index in [1.54, 1.807) is 21.5 Å². The molecule has 162 valence electrons. The van der Waals surface area contributed by atoms with Gasteiger partial charge in [-0.25, -0.2) is 4.98 Å². The van der Waals surface area contributed by atoms with Gasteiger partial charge in [0.1, 0.15) is 28.9 Å². The molecule has 0 aliphatic carbocycles. The maximum atomic E-state index is 13.9. The van der Waals surface area contributed by atoms with Gasteiger partial charge in [0, 0.05) is 11.8 Å². The topological polar surface area (TPSA) is 107 Å². The Bertz CT molecular complexity index is 1760. The van der Waals surface area contributed by atoms with Gasteiger partial charge < -0.3 is 0 Å². The van der Waals surface area contributed by atoms with Crippen LogP contribution in [0.25, 0.3) is 39.2 Å². The highest BCUT2D eigenvalue weighted by Crippen LogP contribution is 2.31. The van der Waals surface area contributed by atoms with E-state index in [0.29, 0.717) is 29.1 Å². The molecule has 0 aliphatic heterocycles. The van der Waals surface area contributed by atoms with Crippen molar-refractivity contribution in [3.05, 3.63) is 101 Å². The van der Waals surface area contributed by atoms with Crippen LogP contribution >= 0.6 is 0 Å². The largest absolute Gasteiger partial charge is 0.299 e. The fraction of sp³-hybridized carbons (Fsp3) is 0.0400. The molecule has 0 radical (unpaired) electrons. The molecule has 4 aromatic heterocycles. The molecule has 0 N–H and O–H groups in total. The molecule has 0 bridgehead atoms. The first-order chi connectivity index (χ1) is 16.8. The van der Waals surface area contributed by atoms with Crippen LogP contribution in [-0.4, -0.2) is 33.9 Å². The second-order valence-corrected chi connectivity index (χ2v) is 7.68. The number of hydrogen-bond donors (Lipinski definition) is 0. The van der Waals surface area contributed by atoms with Gasteiger partial charge in [-0.3, -0.25) is 18.7 Å². The molecular weight excluding hydrogens is 428 g/mol. The Kier molecular flexibility index (Phi) is 4.49. The molecule has 9 nitrogen and oxygen atoms in total. The summed E-state index contributed by atoms with van der Waals surface area (Å²) in [5.74, 6) is 0. The zero-order valence-corrected chi connectivity index (χ0v) is 17.8. The van der Waals surface area contributed by atoms with Gasteiger partial charge in [0.2, 0.25) is 6.19 Å². The summed E-state index contributed by atoms with van der Waals surface area (Å²) in [5, 5.41) is 17.9. The monoisotopic (exact) mass is 444 g/mol. The highest BCUT2D eigenvalue weighted by Gasteiger charge is 2.24. The molecule has 0 atom stereocenters. The van der Waals surface area contributed by atoms with Crippen molar-refractivity contribution >= 4 is 16.6 Å². The minimum Gasteiger partial charge on any atom is -0.299 e. The van der Waals surface area contributed by atoms with Gasteiger partial charge in [-0.15, -0.1) is 9.78 Å². The Balaban J connectivity index is 1.67. The molecule has 0 amide bonds. The van der Waals surface area contributed by atoms with Crippen LogP contribution in [0.5, 0.6) is 0 Å². The van der Waals surface area contributed by atoms with E-state index in [2.05, 4.69) is 20.3 Å². The molecular formula is C25H16N8O. The number of benzene rings is 2. The minimum absolute atomic E-state index is 0.234. The van der Waals surface area contributed by atoms with Gasteiger partial charge in [-0.2, -0.15) is 5.26 Å². The lowest BCUT2D eigenvalue weighted by Crippen LogP contribution is -2.24. The Morgan fingerprint density at radius 3 is 2.38 bits per heavy atom. The van der Waals surface area contributed by atoms with E-state index >= 15 is 0 Å². The number of para-hydroxylation sites is 2. The molecule has 0 saturated carbocycles. The van der Waals surface area contributed by atoms with Crippen molar-refractivity contribution in [1.29, 1.82) is 5.26 Å². The molecule has 6 aromatic rings. The molecule has 4 heterocycles. The van der Waals surface area contributed by atoms with Gasteiger partial charge in [0.25, 0.3) is 5.56 Å². The van der Waals surface area contributed by atoms with Crippen LogP contribution < -0.4 is 5.56 Å². The quantitative estimate of drug-likeness (QED) is 0.413. The summed E-state index contributed by atoms with van der Waals surface area (Å²) < 4.78 is 4.60. The Hall–Kier alpha value is -5.10. The average molecular weight is 444 g/mol. The Labute approximate surface area is 192 Å². The first-order valence-electron chi connectivity index (χ1n) is 10.6. The van der Waals surface area contributed by atoms with E-state index in [4.69, 9.17) is 0 Å². The molecule has 0 spiro atoms. The van der Waals surface area contributed by atoms with E-state index in [9.17, 15) is 10.1 Å². The van der Waals surface area contributed by atoms with Crippen molar-refractivity contribution in [3.8, 4) is 28.8 Å². The third-order valence-electron chi connectivity index (χ3n) is 5.73. The molecule has 0 saturated heterocycles. The van der Waals surface area contributed by atoms with E-state index in [0.717, 1.165) is 27.0 Å². The second kappa shape index (κ2) is 7.79. The predicted molar refractivity (Wildman–Crippen MR) is 126 cm³/mol. The van der Waals surface area contributed by atoms with Gasteiger partial charge >= 0.3 is 0 Å². The number of imidazole rings is 1. The smallest absolute Gasteiger partial charge is 0.278 e. The molecule has 0 unspecified atom stereocenters. The average Bonchev–Trinajstić information content (AvgIpc) is 3.52. The maximum Gasteiger partial charge on any atom is 0.278 e. The van der Waals surface area contributed by atoms with Crippen LogP contribution in [0.3, 0.4) is 0 Å². The number of nitrogens with zero attached hydrogens (tertiary/aromatic N) is 8. The second-order valence-electron chi connectivity index (χ2n) is 7.68.